The van der Waals surface area contributed by atoms with Crippen molar-refractivity contribution in [2.75, 3.05) is 13.1 Å². The second-order valence-electron chi connectivity index (χ2n) is 6.80. The third kappa shape index (κ3) is 4.41. The Morgan fingerprint density at radius 1 is 1.29 bits per heavy atom. The number of carbonyl (C=O) groups excluding carboxylic acids is 1. The van der Waals surface area contributed by atoms with Gasteiger partial charge in [-0.2, -0.15) is 5.10 Å². The van der Waals surface area contributed by atoms with Crippen LogP contribution in [0.25, 0.3) is 0 Å². The summed E-state index contributed by atoms with van der Waals surface area (Å²) in [4.78, 5) is 13.0. The van der Waals surface area contributed by atoms with Crippen LogP contribution in [0.4, 0.5) is 0 Å². The van der Waals surface area contributed by atoms with Crippen LogP contribution in [0.1, 0.15) is 12.0 Å². The molecule has 0 radical (unpaired) electrons. The van der Waals surface area contributed by atoms with Crippen molar-refractivity contribution >= 4 is 36.4 Å². The molecule has 6 nitrogen and oxygen atoms in total. The van der Waals surface area contributed by atoms with E-state index in [2.05, 4.69) is 33.3 Å². The highest BCUT2D eigenvalue weighted by Gasteiger charge is 2.37. The Hall–Kier alpha value is -2.28. The number of nitrogens with two attached hydrogens (primary N) is 1. The van der Waals surface area contributed by atoms with Gasteiger partial charge in [0.05, 0.1) is 11.6 Å². The molecule has 0 fully saturated rings. The van der Waals surface area contributed by atoms with Gasteiger partial charge in [-0.3, -0.25) is 10.2 Å². The summed E-state index contributed by atoms with van der Waals surface area (Å²) in [5, 5.41) is 10.7. The molecule has 0 saturated heterocycles. The van der Waals surface area contributed by atoms with E-state index in [9.17, 15) is 4.79 Å². The first-order chi connectivity index (χ1) is 12.8. The van der Waals surface area contributed by atoms with E-state index in [1.165, 1.54) is 5.56 Å². The summed E-state index contributed by atoms with van der Waals surface area (Å²) in [6.45, 7) is 1.07. The molecule has 0 spiro atoms. The molecule has 1 aliphatic carbocycles. The normalized spacial score (nSPS) is 20.1. The lowest BCUT2D eigenvalue weighted by molar-refractivity contribution is -0.124. The summed E-state index contributed by atoms with van der Waals surface area (Å²) in [7, 11) is 0. The van der Waals surface area contributed by atoms with E-state index in [-0.39, 0.29) is 42.7 Å². The number of nitrogens with zero attached hydrogens (tertiary/aromatic N) is 1. The number of amides is 1. The minimum Gasteiger partial charge on any atom is -0.387 e. The first-order valence-corrected chi connectivity index (χ1v) is 8.96. The number of nitrogens with one attached hydrogen (secondary N) is 3. The summed E-state index contributed by atoms with van der Waals surface area (Å²) in [6, 6.07) is 10.0. The average molecular weight is 422 g/mol. The third-order valence-electron chi connectivity index (χ3n) is 5.09. The lowest BCUT2D eigenvalue weighted by Crippen LogP contribution is -2.44. The van der Waals surface area contributed by atoms with Crippen molar-refractivity contribution in [1.29, 1.82) is 0 Å². The standard InChI is InChI=1S/C20H23N5O.2ClH/c21-10-15(8-13-4-2-1-3-5-13)24-20(26)16-9-14-11-23-25-18-6-7-22-12-17(16)19(14)18;;/h1-7,11,15-16,22-23H,8-10,12,21H2,(H,24,26);2*1H/t15-,16?;;/m0../s1. The highest BCUT2D eigenvalue weighted by atomic mass is 35.5. The van der Waals surface area contributed by atoms with Gasteiger partial charge in [0.1, 0.15) is 0 Å². The van der Waals surface area contributed by atoms with E-state index in [1.54, 1.807) is 0 Å². The zero-order valence-electron chi connectivity index (χ0n) is 15.4. The Labute approximate surface area is 177 Å². The maximum atomic E-state index is 13.0. The van der Waals surface area contributed by atoms with Crippen molar-refractivity contribution in [3.05, 3.63) is 71.1 Å². The molecule has 2 heterocycles. The maximum Gasteiger partial charge on any atom is 0.227 e. The summed E-state index contributed by atoms with van der Waals surface area (Å²) >= 11 is 0. The van der Waals surface area contributed by atoms with E-state index in [4.69, 9.17) is 5.73 Å². The number of allylic oxidation sites excluding steroid dienone is 3. The van der Waals surface area contributed by atoms with Crippen LogP contribution in [0.15, 0.2) is 70.6 Å². The molecule has 28 heavy (non-hydrogen) atoms. The van der Waals surface area contributed by atoms with Gasteiger partial charge in [-0.25, -0.2) is 0 Å². The van der Waals surface area contributed by atoms with Gasteiger partial charge in [-0.1, -0.05) is 30.3 Å². The molecule has 1 unspecified atom stereocenters. The monoisotopic (exact) mass is 421 g/mol. The van der Waals surface area contributed by atoms with Crippen molar-refractivity contribution in [2.24, 2.45) is 16.8 Å². The smallest absolute Gasteiger partial charge is 0.227 e. The van der Waals surface area contributed by atoms with Gasteiger partial charge >= 0.3 is 0 Å². The quantitative estimate of drug-likeness (QED) is 0.583. The number of rotatable bonds is 5. The summed E-state index contributed by atoms with van der Waals surface area (Å²) in [5.41, 5.74) is 14.3. The van der Waals surface area contributed by atoms with Crippen molar-refractivity contribution < 1.29 is 4.79 Å². The Kier molecular flexibility index (Phi) is 7.69. The number of carbonyl (C=O) groups is 1. The Morgan fingerprint density at radius 2 is 2.07 bits per heavy atom. The molecule has 2 aliphatic heterocycles. The molecule has 2 atom stereocenters. The highest BCUT2D eigenvalue weighted by molar-refractivity contribution is 6.14. The Balaban J connectivity index is 0.00000140. The molecule has 1 aromatic carbocycles. The van der Waals surface area contributed by atoms with Crippen LogP contribution in [0, 0.1) is 5.92 Å². The lowest BCUT2D eigenvalue weighted by atomic mass is 9.97. The van der Waals surface area contributed by atoms with E-state index in [1.807, 2.05) is 36.7 Å². The molecule has 8 heteroatoms. The van der Waals surface area contributed by atoms with Crippen LogP contribution in [-0.2, 0) is 11.2 Å². The fraction of sp³-hybridized carbons (Fsp3) is 0.300. The van der Waals surface area contributed by atoms with Crippen molar-refractivity contribution in [2.45, 2.75) is 18.9 Å². The van der Waals surface area contributed by atoms with Crippen molar-refractivity contribution in [3.63, 3.8) is 0 Å². The third-order valence-corrected chi connectivity index (χ3v) is 5.09. The molecule has 0 saturated carbocycles. The zero-order chi connectivity index (χ0) is 17.9. The molecular formula is C20H25Cl2N5O. The van der Waals surface area contributed by atoms with Crippen molar-refractivity contribution in [1.82, 2.24) is 16.1 Å². The minimum absolute atomic E-state index is 0. The molecule has 5 N–H and O–H groups in total. The average Bonchev–Trinajstić information content (AvgIpc) is 2.90. The molecule has 4 rings (SSSR count). The van der Waals surface area contributed by atoms with E-state index >= 15 is 0 Å². The maximum absolute atomic E-state index is 13.0. The molecule has 150 valence electrons. The Morgan fingerprint density at radius 3 is 2.82 bits per heavy atom. The number of halogens is 2. The van der Waals surface area contributed by atoms with Crippen molar-refractivity contribution in [3.8, 4) is 0 Å². The fourth-order valence-electron chi connectivity index (χ4n) is 3.80. The molecular weight excluding hydrogens is 397 g/mol. The van der Waals surface area contributed by atoms with Crippen LogP contribution in [0.3, 0.4) is 0 Å². The number of benzene rings is 1. The summed E-state index contributed by atoms with van der Waals surface area (Å²) in [6.07, 6.45) is 7.16. The Bertz CT molecular complexity index is 832. The zero-order valence-corrected chi connectivity index (χ0v) is 17.0. The van der Waals surface area contributed by atoms with Crippen LogP contribution >= 0.6 is 24.8 Å². The van der Waals surface area contributed by atoms with E-state index < -0.39 is 0 Å². The van der Waals surface area contributed by atoms with Crippen LogP contribution in [0.5, 0.6) is 0 Å². The second kappa shape index (κ2) is 9.78. The molecule has 1 amide bonds. The first kappa shape index (κ1) is 22.0. The lowest BCUT2D eigenvalue weighted by Gasteiger charge is -2.21. The molecule has 1 aromatic rings. The topological polar surface area (TPSA) is 91.5 Å². The fourth-order valence-corrected chi connectivity index (χ4v) is 3.80. The molecule has 0 aromatic heterocycles. The molecule has 3 aliphatic rings. The van der Waals surface area contributed by atoms with E-state index in [0.29, 0.717) is 19.5 Å². The molecule has 0 bridgehead atoms. The highest BCUT2D eigenvalue weighted by Crippen LogP contribution is 2.39. The number of hydrogen-bond donors (Lipinski definition) is 4. The van der Waals surface area contributed by atoms with Gasteiger partial charge in [-0.05, 0) is 41.8 Å². The SMILES string of the molecule is Cl.Cl.NC[C@H](Cc1ccccc1)NC(=O)C1CC2=CNN=C3C=CNCC1=C23. The number of hydrazone groups is 1. The summed E-state index contributed by atoms with van der Waals surface area (Å²) < 4.78 is 0. The van der Waals surface area contributed by atoms with Crippen LogP contribution in [0.2, 0.25) is 0 Å². The van der Waals surface area contributed by atoms with Gasteiger partial charge in [0.25, 0.3) is 0 Å². The van der Waals surface area contributed by atoms with Gasteiger partial charge in [0.15, 0.2) is 0 Å². The second-order valence-corrected chi connectivity index (χ2v) is 6.80. The van der Waals surface area contributed by atoms with Gasteiger partial charge in [0, 0.05) is 30.9 Å². The van der Waals surface area contributed by atoms with Crippen LogP contribution < -0.4 is 21.8 Å². The van der Waals surface area contributed by atoms with E-state index in [0.717, 1.165) is 28.9 Å². The predicted octanol–water partition coefficient (Wildman–Crippen LogP) is 1.79. The predicted molar refractivity (Wildman–Crippen MR) is 117 cm³/mol. The van der Waals surface area contributed by atoms with Gasteiger partial charge < -0.3 is 16.4 Å². The summed E-state index contributed by atoms with van der Waals surface area (Å²) in [5.74, 6) is -0.143. The first-order valence-electron chi connectivity index (χ1n) is 8.96. The minimum atomic E-state index is -0.182. The van der Waals surface area contributed by atoms with Gasteiger partial charge in [0.2, 0.25) is 5.91 Å². The van der Waals surface area contributed by atoms with Crippen LogP contribution in [-0.4, -0.2) is 30.8 Å². The number of hydrogen-bond acceptors (Lipinski definition) is 5. The van der Waals surface area contributed by atoms with Gasteiger partial charge in [-0.15, -0.1) is 24.8 Å². The largest absolute Gasteiger partial charge is 0.387 e.